The Labute approximate surface area is 129 Å². The van der Waals surface area contributed by atoms with Crippen LogP contribution in [0.25, 0.3) is 0 Å². The minimum Gasteiger partial charge on any atom is -0.397 e. The van der Waals surface area contributed by atoms with E-state index in [2.05, 4.69) is 68.1 Å². The Morgan fingerprint density at radius 3 is 2.21 bits per heavy atom. The number of nitrogens with zero attached hydrogens (tertiary/aromatic N) is 1. The second-order valence-electron chi connectivity index (χ2n) is 4.55. The summed E-state index contributed by atoms with van der Waals surface area (Å²) in [6, 6.07) is 4.16. The molecule has 0 bridgehead atoms. The predicted octanol–water partition coefficient (Wildman–Crippen LogP) is 4.86. The Hall–Kier alpha value is -1.07. The van der Waals surface area contributed by atoms with Gasteiger partial charge in [0.1, 0.15) is 5.82 Å². The molecule has 100 valence electrons. The lowest BCUT2D eigenvalue weighted by molar-refractivity contribution is 1.25. The van der Waals surface area contributed by atoms with Gasteiger partial charge < -0.3 is 11.1 Å². The van der Waals surface area contributed by atoms with Crippen LogP contribution in [-0.4, -0.2) is 4.98 Å². The maximum absolute atomic E-state index is 5.82. The number of pyridine rings is 1. The van der Waals surface area contributed by atoms with Crippen LogP contribution in [0.5, 0.6) is 0 Å². The first-order valence-corrected chi connectivity index (χ1v) is 7.43. The number of rotatable bonds is 2. The Morgan fingerprint density at radius 1 is 1.05 bits per heavy atom. The number of nitrogens with one attached hydrogen (secondary N) is 1. The van der Waals surface area contributed by atoms with Gasteiger partial charge in [-0.25, -0.2) is 4.98 Å². The number of benzene rings is 1. The molecule has 19 heavy (non-hydrogen) atoms. The van der Waals surface area contributed by atoms with Gasteiger partial charge in [0.25, 0.3) is 0 Å². The molecule has 0 unspecified atom stereocenters. The molecular formula is C14H15Br2N3. The molecule has 0 atom stereocenters. The van der Waals surface area contributed by atoms with E-state index in [0.29, 0.717) is 5.69 Å². The molecule has 0 aliphatic carbocycles. The highest BCUT2D eigenvalue weighted by molar-refractivity contribution is 9.11. The normalized spacial score (nSPS) is 10.6. The average Bonchev–Trinajstić information content (AvgIpc) is 2.36. The molecule has 0 radical (unpaired) electrons. The first-order chi connectivity index (χ1) is 8.90. The zero-order valence-electron chi connectivity index (χ0n) is 11.0. The highest BCUT2D eigenvalue weighted by atomic mass is 79.9. The molecule has 1 aromatic heterocycles. The van der Waals surface area contributed by atoms with E-state index in [0.717, 1.165) is 26.0 Å². The van der Waals surface area contributed by atoms with Crippen molar-refractivity contribution in [2.75, 3.05) is 11.1 Å². The van der Waals surface area contributed by atoms with Gasteiger partial charge in [0.15, 0.2) is 0 Å². The van der Waals surface area contributed by atoms with Crippen LogP contribution in [0.2, 0.25) is 0 Å². The van der Waals surface area contributed by atoms with Crippen molar-refractivity contribution in [3.05, 3.63) is 44.0 Å². The van der Waals surface area contributed by atoms with Crippen molar-refractivity contribution in [1.29, 1.82) is 0 Å². The SMILES string of the molecule is Cc1cc(Nc2ncc(N)c(C)c2Br)cc(C)c1Br. The van der Waals surface area contributed by atoms with Crippen molar-refractivity contribution < 1.29 is 0 Å². The summed E-state index contributed by atoms with van der Waals surface area (Å²) in [6.07, 6.45) is 1.67. The molecule has 0 saturated carbocycles. The lowest BCUT2D eigenvalue weighted by Crippen LogP contribution is -2.00. The quantitative estimate of drug-likeness (QED) is 0.777. The van der Waals surface area contributed by atoms with Gasteiger partial charge in [-0.05, 0) is 65.5 Å². The van der Waals surface area contributed by atoms with Gasteiger partial charge in [0, 0.05) is 10.2 Å². The standard InChI is InChI=1S/C14H15Br2N3/c1-7-4-10(5-8(2)12(7)15)19-14-13(16)9(3)11(17)6-18-14/h4-6H,17H2,1-3H3,(H,18,19). The molecule has 2 aromatic rings. The molecule has 2 rings (SSSR count). The minimum absolute atomic E-state index is 0.681. The zero-order valence-corrected chi connectivity index (χ0v) is 14.2. The number of halogens is 2. The topological polar surface area (TPSA) is 50.9 Å². The summed E-state index contributed by atoms with van der Waals surface area (Å²) < 4.78 is 2.03. The van der Waals surface area contributed by atoms with E-state index >= 15 is 0 Å². The van der Waals surface area contributed by atoms with Crippen molar-refractivity contribution in [3.63, 3.8) is 0 Å². The van der Waals surface area contributed by atoms with Crippen LogP contribution in [0, 0.1) is 20.8 Å². The summed E-state index contributed by atoms with van der Waals surface area (Å²) in [7, 11) is 0. The molecule has 1 heterocycles. The number of nitrogens with two attached hydrogens (primary N) is 1. The van der Waals surface area contributed by atoms with Gasteiger partial charge in [-0.15, -0.1) is 0 Å². The molecule has 0 amide bonds. The highest BCUT2D eigenvalue weighted by Gasteiger charge is 2.09. The Bertz CT molecular complexity index is 616. The molecular weight excluding hydrogens is 370 g/mol. The smallest absolute Gasteiger partial charge is 0.145 e. The van der Waals surface area contributed by atoms with Crippen LogP contribution >= 0.6 is 31.9 Å². The van der Waals surface area contributed by atoms with Crippen LogP contribution in [0.15, 0.2) is 27.3 Å². The van der Waals surface area contributed by atoms with Crippen LogP contribution in [-0.2, 0) is 0 Å². The third-order valence-electron chi connectivity index (χ3n) is 3.00. The van der Waals surface area contributed by atoms with Crippen molar-refractivity contribution >= 4 is 49.1 Å². The fraction of sp³-hybridized carbons (Fsp3) is 0.214. The van der Waals surface area contributed by atoms with Gasteiger partial charge in [-0.3, -0.25) is 0 Å². The monoisotopic (exact) mass is 383 g/mol. The van der Waals surface area contributed by atoms with Crippen LogP contribution in [0.4, 0.5) is 17.2 Å². The largest absolute Gasteiger partial charge is 0.397 e. The van der Waals surface area contributed by atoms with E-state index < -0.39 is 0 Å². The Kier molecular flexibility index (Phi) is 4.16. The fourth-order valence-corrected chi connectivity index (χ4v) is 2.49. The molecule has 0 aliphatic rings. The molecule has 3 N–H and O–H groups in total. The maximum atomic E-state index is 5.82. The number of aryl methyl sites for hydroxylation is 2. The fourth-order valence-electron chi connectivity index (χ4n) is 1.83. The van der Waals surface area contributed by atoms with Gasteiger partial charge in [0.05, 0.1) is 16.4 Å². The van der Waals surface area contributed by atoms with Crippen molar-refractivity contribution in [2.45, 2.75) is 20.8 Å². The van der Waals surface area contributed by atoms with Crippen LogP contribution in [0.1, 0.15) is 16.7 Å². The van der Waals surface area contributed by atoms with Crippen molar-refractivity contribution in [2.24, 2.45) is 0 Å². The molecule has 5 heteroatoms. The third-order valence-corrected chi connectivity index (χ3v) is 5.22. The molecule has 0 saturated heterocycles. The Morgan fingerprint density at radius 2 is 1.63 bits per heavy atom. The van der Waals surface area contributed by atoms with E-state index in [1.54, 1.807) is 6.20 Å². The highest BCUT2D eigenvalue weighted by Crippen LogP contribution is 2.32. The second kappa shape index (κ2) is 5.51. The molecule has 1 aromatic carbocycles. The summed E-state index contributed by atoms with van der Waals surface area (Å²) in [5, 5.41) is 3.31. The molecule has 0 fully saturated rings. The molecule has 0 aliphatic heterocycles. The first-order valence-electron chi connectivity index (χ1n) is 5.84. The van der Waals surface area contributed by atoms with Crippen molar-refractivity contribution in [1.82, 2.24) is 4.98 Å². The molecule has 3 nitrogen and oxygen atoms in total. The summed E-state index contributed by atoms with van der Waals surface area (Å²) in [5.41, 5.74) is 10.9. The van der Waals surface area contributed by atoms with Gasteiger partial charge in [0.2, 0.25) is 0 Å². The second-order valence-corrected chi connectivity index (χ2v) is 6.14. The lowest BCUT2D eigenvalue weighted by atomic mass is 10.1. The summed E-state index contributed by atoms with van der Waals surface area (Å²) in [4.78, 5) is 4.32. The molecule has 0 spiro atoms. The van der Waals surface area contributed by atoms with Crippen LogP contribution < -0.4 is 11.1 Å². The number of hydrogen-bond donors (Lipinski definition) is 2. The summed E-state index contributed by atoms with van der Waals surface area (Å²) in [6.45, 7) is 6.10. The maximum Gasteiger partial charge on any atom is 0.145 e. The summed E-state index contributed by atoms with van der Waals surface area (Å²) in [5.74, 6) is 0.771. The third kappa shape index (κ3) is 2.92. The summed E-state index contributed by atoms with van der Waals surface area (Å²) >= 11 is 7.09. The van der Waals surface area contributed by atoms with E-state index in [-0.39, 0.29) is 0 Å². The number of aromatic nitrogens is 1. The van der Waals surface area contributed by atoms with E-state index in [1.165, 1.54) is 11.1 Å². The van der Waals surface area contributed by atoms with Gasteiger partial charge in [-0.1, -0.05) is 15.9 Å². The average molecular weight is 385 g/mol. The minimum atomic E-state index is 0.681. The zero-order chi connectivity index (χ0) is 14.2. The number of anilines is 3. The van der Waals surface area contributed by atoms with E-state index in [9.17, 15) is 0 Å². The Balaban J connectivity index is 2.39. The first kappa shape index (κ1) is 14.3. The lowest BCUT2D eigenvalue weighted by Gasteiger charge is -2.13. The van der Waals surface area contributed by atoms with Crippen molar-refractivity contribution in [3.8, 4) is 0 Å². The van der Waals surface area contributed by atoms with E-state index in [4.69, 9.17) is 5.73 Å². The van der Waals surface area contributed by atoms with E-state index in [1.807, 2.05) is 6.92 Å². The number of hydrogen-bond acceptors (Lipinski definition) is 3. The van der Waals surface area contributed by atoms with Gasteiger partial charge >= 0.3 is 0 Å². The van der Waals surface area contributed by atoms with Gasteiger partial charge in [-0.2, -0.15) is 0 Å². The predicted molar refractivity (Wildman–Crippen MR) is 88.0 cm³/mol. The number of nitrogen functional groups attached to an aromatic ring is 1. The van der Waals surface area contributed by atoms with Crippen LogP contribution in [0.3, 0.4) is 0 Å².